The summed E-state index contributed by atoms with van der Waals surface area (Å²) in [5, 5.41) is 8.21. The fourth-order valence-electron chi connectivity index (χ4n) is 2.77. The van der Waals surface area contributed by atoms with Crippen LogP contribution < -0.4 is 5.73 Å². The third-order valence-corrected chi connectivity index (χ3v) is 5.31. The number of nitrogens with one attached hydrogen (secondary N) is 1. The average molecular weight is 333 g/mol. The van der Waals surface area contributed by atoms with Gasteiger partial charge in [0.05, 0.1) is 23.2 Å². The van der Waals surface area contributed by atoms with Gasteiger partial charge in [0.25, 0.3) is 0 Å². The van der Waals surface area contributed by atoms with E-state index in [-0.39, 0.29) is 6.10 Å². The Balaban J connectivity index is 1.81. The number of aromatic nitrogens is 4. The number of fused-ring (bicyclic) bond motifs is 1. The van der Waals surface area contributed by atoms with Gasteiger partial charge in [0.2, 0.25) is 0 Å². The molecule has 4 rings (SSSR count). The molecule has 0 spiro atoms. The molecule has 0 aromatic carbocycles. The number of pyridine rings is 1. The lowest BCUT2D eigenvalue weighted by atomic mass is 10.2. The van der Waals surface area contributed by atoms with Crippen LogP contribution in [0.15, 0.2) is 18.3 Å². The van der Waals surface area contributed by atoms with Gasteiger partial charge in [-0.05, 0) is 37.2 Å². The molecule has 3 aromatic rings. The van der Waals surface area contributed by atoms with Crippen molar-refractivity contribution in [1.82, 2.24) is 19.7 Å². The van der Waals surface area contributed by atoms with Gasteiger partial charge >= 0.3 is 0 Å². The van der Waals surface area contributed by atoms with Crippen LogP contribution in [0.25, 0.3) is 20.9 Å². The normalized spacial score (nSPS) is 18.3. The lowest BCUT2D eigenvalue weighted by Gasteiger charge is -2.11. The quantitative estimate of drug-likeness (QED) is 0.720. The van der Waals surface area contributed by atoms with Crippen LogP contribution in [0.5, 0.6) is 0 Å². The topological polar surface area (TPSA) is 81.8 Å². The van der Waals surface area contributed by atoms with E-state index in [2.05, 4.69) is 15.2 Å². The molecule has 6 nitrogen and oxygen atoms in total. The SMILES string of the molecule is Nc1c(-c2n[nH]c(=S)n2C[C@H]2CCCO2)sc2ncccc12. The highest BCUT2D eigenvalue weighted by molar-refractivity contribution is 7.71. The van der Waals surface area contributed by atoms with Gasteiger partial charge in [0.15, 0.2) is 10.6 Å². The van der Waals surface area contributed by atoms with E-state index in [1.807, 2.05) is 16.7 Å². The van der Waals surface area contributed by atoms with Gasteiger partial charge in [0.1, 0.15) is 4.83 Å². The highest BCUT2D eigenvalue weighted by Gasteiger charge is 2.22. The second-order valence-electron chi connectivity index (χ2n) is 5.30. The van der Waals surface area contributed by atoms with Crippen LogP contribution in [0.2, 0.25) is 0 Å². The maximum atomic E-state index is 6.30. The van der Waals surface area contributed by atoms with Crippen molar-refractivity contribution in [1.29, 1.82) is 0 Å². The van der Waals surface area contributed by atoms with E-state index in [9.17, 15) is 0 Å². The van der Waals surface area contributed by atoms with Crippen LogP contribution in [0, 0.1) is 4.77 Å². The predicted octanol–water partition coefficient (Wildman–Crippen LogP) is 2.98. The third-order valence-electron chi connectivity index (χ3n) is 3.88. The molecule has 1 atom stereocenters. The smallest absolute Gasteiger partial charge is 0.195 e. The molecule has 1 fully saturated rings. The molecule has 1 aliphatic rings. The summed E-state index contributed by atoms with van der Waals surface area (Å²) < 4.78 is 8.28. The van der Waals surface area contributed by atoms with Crippen molar-refractivity contribution in [3.63, 3.8) is 0 Å². The molecule has 8 heteroatoms. The summed E-state index contributed by atoms with van der Waals surface area (Å²) in [6.07, 6.45) is 4.11. The van der Waals surface area contributed by atoms with Gasteiger partial charge < -0.3 is 10.5 Å². The zero-order valence-corrected chi connectivity index (χ0v) is 13.4. The van der Waals surface area contributed by atoms with E-state index >= 15 is 0 Å². The summed E-state index contributed by atoms with van der Waals surface area (Å²) in [4.78, 5) is 6.18. The Labute approximate surface area is 135 Å². The maximum absolute atomic E-state index is 6.30. The fourth-order valence-corrected chi connectivity index (χ4v) is 4.04. The zero-order valence-electron chi connectivity index (χ0n) is 11.8. The number of anilines is 1. The lowest BCUT2D eigenvalue weighted by Crippen LogP contribution is -2.16. The van der Waals surface area contributed by atoms with Crippen molar-refractivity contribution in [3.8, 4) is 10.7 Å². The number of nitrogen functional groups attached to an aromatic ring is 1. The van der Waals surface area contributed by atoms with E-state index in [4.69, 9.17) is 22.7 Å². The minimum atomic E-state index is 0.191. The lowest BCUT2D eigenvalue weighted by molar-refractivity contribution is 0.0970. The molecule has 0 bridgehead atoms. The van der Waals surface area contributed by atoms with Crippen LogP contribution in [0.3, 0.4) is 0 Å². The van der Waals surface area contributed by atoms with Crippen LogP contribution in [0.4, 0.5) is 5.69 Å². The number of nitrogens with two attached hydrogens (primary N) is 1. The number of hydrogen-bond donors (Lipinski definition) is 2. The molecule has 3 N–H and O–H groups in total. The molecule has 114 valence electrons. The Morgan fingerprint density at radius 2 is 2.45 bits per heavy atom. The van der Waals surface area contributed by atoms with Crippen LogP contribution >= 0.6 is 23.6 Å². The summed E-state index contributed by atoms with van der Waals surface area (Å²) in [5.41, 5.74) is 7.00. The van der Waals surface area contributed by atoms with E-state index in [0.29, 0.717) is 17.0 Å². The number of rotatable bonds is 3. The Morgan fingerprint density at radius 1 is 1.55 bits per heavy atom. The minimum absolute atomic E-state index is 0.191. The first kappa shape index (κ1) is 13.9. The van der Waals surface area contributed by atoms with Gasteiger partial charge in [-0.3, -0.25) is 9.67 Å². The molecular weight excluding hydrogens is 318 g/mol. The molecule has 0 aliphatic carbocycles. The Morgan fingerprint density at radius 3 is 3.23 bits per heavy atom. The van der Waals surface area contributed by atoms with Gasteiger partial charge in [-0.1, -0.05) is 0 Å². The largest absolute Gasteiger partial charge is 0.397 e. The van der Waals surface area contributed by atoms with Crippen molar-refractivity contribution >= 4 is 39.5 Å². The Kier molecular flexibility index (Phi) is 3.44. The van der Waals surface area contributed by atoms with E-state index in [1.165, 1.54) is 11.3 Å². The third kappa shape index (κ3) is 2.23. The van der Waals surface area contributed by atoms with Crippen molar-refractivity contribution < 1.29 is 4.74 Å². The first-order chi connectivity index (χ1) is 10.7. The summed E-state index contributed by atoms with van der Waals surface area (Å²) in [6, 6.07) is 3.86. The number of nitrogens with zero attached hydrogens (tertiary/aromatic N) is 3. The highest BCUT2D eigenvalue weighted by atomic mass is 32.1. The zero-order chi connectivity index (χ0) is 15.1. The number of hydrogen-bond acceptors (Lipinski definition) is 6. The number of ether oxygens (including phenoxy) is 1. The Hall–Kier alpha value is -1.77. The van der Waals surface area contributed by atoms with E-state index in [0.717, 1.165) is 40.4 Å². The monoisotopic (exact) mass is 333 g/mol. The molecule has 22 heavy (non-hydrogen) atoms. The molecule has 0 radical (unpaired) electrons. The van der Waals surface area contributed by atoms with Crippen LogP contribution in [-0.4, -0.2) is 32.5 Å². The highest BCUT2D eigenvalue weighted by Crippen LogP contribution is 2.39. The molecule has 0 amide bonds. The van der Waals surface area contributed by atoms with Crippen LogP contribution in [-0.2, 0) is 11.3 Å². The number of thiophene rings is 1. The van der Waals surface area contributed by atoms with Gasteiger partial charge in [-0.2, -0.15) is 5.10 Å². The summed E-state index contributed by atoms with van der Waals surface area (Å²) in [7, 11) is 0. The van der Waals surface area contributed by atoms with Crippen molar-refractivity contribution in [3.05, 3.63) is 23.1 Å². The molecular formula is C14H15N5OS2. The first-order valence-electron chi connectivity index (χ1n) is 7.14. The maximum Gasteiger partial charge on any atom is 0.195 e. The van der Waals surface area contributed by atoms with Gasteiger partial charge in [-0.25, -0.2) is 4.98 Å². The number of H-pyrrole nitrogens is 1. The second-order valence-corrected chi connectivity index (χ2v) is 6.68. The van der Waals surface area contributed by atoms with Gasteiger partial charge in [-0.15, -0.1) is 11.3 Å². The number of aromatic amines is 1. The van der Waals surface area contributed by atoms with Crippen molar-refractivity contribution in [2.24, 2.45) is 0 Å². The molecule has 1 aliphatic heterocycles. The summed E-state index contributed by atoms with van der Waals surface area (Å²) in [5.74, 6) is 0.765. The molecule has 3 aromatic heterocycles. The van der Waals surface area contributed by atoms with E-state index < -0.39 is 0 Å². The molecule has 0 unspecified atom stereocenters. The predicted molar refractivity (Wildman–Crippen MR) is 89.4 cm³/mol. The standard InChI is InChI=1S/C14H15N5OS2/c15-10-9-4-1-5-16-13(9)22-11(10)12-17-18-14(21)19(12)7-8-3-2-6-20-8/h1,4-5,8H,2-3,6-7,15H2,(H,18,21)/t8-/m1/s1. The average Bonchev–Trinajstić information content (AvgIpc) is 3.23. The van der Waals surface area contributed by atoms with Crippen molar-refractivity contribution in [2.75, 3.05) is 12.3 Å². The first-order valence-corrected chi connectivity index (χ1v) is 8.36. The summed E-state index contributed by atoms with van der Waals surface area (Å²) in [6.45, 7) is 1.52. The Bertz CT molecular complexity index is 875. The minimum Gasteiger partial charge on any atom is -0.397 e. The molecule has 0 saturated carbocycles. The fraction of sp³-hybridized carbons (Fsp3) is 0.357. The summed E-state index contributed by atoms with van der Waals surface area (Å²) >= 11 is 6.90. The van der Waals surface area contributed by atoms with Crippen LogP contribution in [0.1, 0.15) is 12.8 Å². The van der Waals surface area contributed by atoms with Crippen molar-refractivity contribution in [2.45, 2.75) is 25.5 Å². The molecule has 1 saturated heterocycles. The van der Waals surface area contributed by atoms with Gasteiger partial charge in [0, 0.05) is 18.2 Å². The van der Waals surface area contributed by atoms with E-state index in [1.54, 1.807) is 6.20 Å². The second kappa shape index (κ2) is 5.45. The molecule has 4 heterocycles.